The van der Waals surface area contributed by atoms with Gasteiger partial charge in [-0.15, -0.1) is 0 Å². The summed E-state index contributed by atoms with van der Waals surface area (Å²) in [5.41, 5.74) is 7.33. The highest BCUT2D eigenvalue weighted by Gasteiger charge is 2.32. The van der Waals surface area contributed by atoms with E-state index in [1.165, 1.54) is 24.3 Å². The van der Waals surface area contributed by atoms with Crippen LogP contribution >= 0.6 is 0 Å². The molecule has 0 spiro atoms. The number of allylic oxidation sites excluding steroid dienone is 1. The summed E-state index contributed by atoms with van der Waals surface area (Å²) < 4.78 is 59.0. The molecule has 0 saturated carbocycles. The van der Waals surface area contributed by atoms with Gasteiger partial charge >= 0.3 is 6.18 Å². The lowest BCUT2D eigenvalue weighted by Gasteiger charge is -2.33. The lowest BCUT2D eigenvalue weighted by molar-refractivity contribution is -0.137. The summed E-state index contributed by atoms with van der Waals surface area (Å²) in [5.74, 6) is 0.197. The van der Waals surface area contributed by atoms with E-state index in [1.54, 1.807) is 6.07 Å². The molecule has 5 rings (SSSR count). The van der Waals surface area contributed by atoms with Gasteiger partial charge in [0.1, 0.15) is 5.75 Å². The molecule has 2 aliphatic rings. The smallest absolute Gasteiger partial charge is 0.416 e. The van der Waals surface area contributed by atoms with Gasteiger partial charge in [-0.25, -0.2) is 0 Å². The van der Waals surface area contributed by atoms with E-state index in [0.717, 1.165) is 66.4 Å². The predicted molar refractivity (Wildman–Crippen MR) is 145 cm³/mol. The number of rotatable bonds is 7. The van der Waals surface area contributed by atoms with Gasteiger partial charge < -0.3 is 4.74 Å². The first kappa shape index (κ1) is 26.2. The monoisotopic (exact) mass is 521 g/mol. The number of likely N-dealkylation sites (tertiary alicyclic amines) is 1. The first-order valence-electron chi connectivity index (χ1n) is 13.0. The van der Waals surface area contributed by atoms with E-state index >= 15 is 0 Å². The quantitative estimate of drug-likeness (QED) is 0.292. The van der Waals surface area contributed by atoms with Gasteiger partial charge in [0.05, 0.1) is 19.3 Å². The molecule has 6 heteroatoms. The van der Waals surface area contributed by atoms with Crippen LogP contribution in [0.15, 0.2) is 72.3 Å². The third-order valence-electron chi connectivity index (χ3n) is 7.31. The zero-order valence-corrected chi connectivity index (χ0v) is 21.5. The summed E-state index contributed by atoms with van der Waals surface area (Å²) in [4.78, 5) is 2.22. The molecule has 1 fully saturated rings. The van der Waals surface area contributed by atoms with Crippen molar-refractivity contribution in [3.8, 4) is 5.75 Å². The molecule has 3 aromatic carbocycles. The maximum absolute atomic E-state index is 13.8. The number of hydrogen-bond donors (Lipinski definition) is 0. The Morgan fingerprint density at radius 1 is 0.921 bits per heavy atom. The number of fused-ring (bicyclic) bond motifs is 1. The highest BCUT2D eigenvalue weighted by Crippen LogP contribution is 2.42. The maximum atomic E-state index is 13.8. The van der Waals surface area contributed by atoms with Crippen molar-refractivity contribution in [2.45, 2.75) is 31.9 Å². The fourth-order valence-electron chi connectivity index (χ4n) is 5.44. The van der Waals surface area contributed by atoms with Crippen molar-refractivity contribution in [3.05, 3.63) is 106 Å². The second-order valence-corrected chi connectivity index (χ2v) is 9.99. The van der Waals surface area contributed by atoms with Crippen LogP contribution in [0.4, 0.5) is 17.6 Å². The molecule has 1 saturated heterocycles. The molecule has 38 heavy (non-hydrogen) atoms. The van der Waals surface area contributed by atoms with Crippen molar-refractivity contribution in [3.63, 3.8) is 0 Å². The van der Waals surface area contributed by atoms with Crippen molar-refractivity contribution in [1.82, 2.24) is 4.90 Å². The number of nitrogens with zero attached hydrogens (tertiary/aromatic N) is 1. The minimum absolute atomic E-state index is 0.197. The van der Waals surface area contributed by atoms with Crippen LogP contribution in [0.5, 0.6) is 5.75 Å². The Morgan fingerprint density at radius 2 is 1.68 bits per heavy atom. The summed E-state index contributed by atoms with van der Waals surface area (Å²) in [5, 5.41) is 0. The molecule has 0 N–H and O–H groups in total. The zero-order chi connectivity index (χ0) is 26.7. The molecule has 1 aliphatic carbocycles. The number of hydrogen-bond acceptors (Lipinski definition) is 2. The first-order valence-corrected chi connectivity index (χ1v) is 13.0. The number of halogens is 4. The molecule has 3 aromatic rings. The summed E-state index contributed by atoms with van der Waals surface area (Å²) in [7, 11) is 1.40. The largest absolute Gasteiger partial charge is 0.497 e. The van der Waals surface area contributed by atoms with Crippen molar-refractivity contribution in [1.29, 1.82) is 0 Å². The Balaban J connectivity index is 1.56. The minimum atomic E-state index is -4.47. The molecular weight excluding hydrogens is 490 g/mol. The van der Waals surface area contributed by atoms with Crippen molar-refractivity contribution >= 4 is 17.2 Å². The van der Waals surface area contributed by atoms with Crippen molar-refractivity contribution in [2.24, 2.45) is 0 Å². The first-order chi connectivity index (χ1) is 18.4. The van der Waals surface area contributed by atoms with Gasteiger partial charge in [-0.2, -0.15) is 13.2 Å². The van der Waals surface area contributed by atoms with E-state index in [-0.39, 0.29) is 12.4 Å². The molecule has 0 atom stereocenters. The third kappa shape index (κ3) is 5.70. The Labute approximate surface area is 221 Å². The number of methoxy groups -OCH3 is 1. The molecule has 198 valence electrons. The Kier molecular flexibility index (Phi) is 7.70. The van der Waals surface area contributed by atoms with Gasteiger partial charge in [0.15, 0.2) is 0 Å². The van der Waals surface area contributed by atoms with E-state index in [0.29, 0.717) is 18.4 Å². The molecule has 0 aromatic heterocycles. The van der Waals surface area contributed by atoms with E-state index < -0.39 is 11.7 Å². The number of alkyl halides is 4. The maximum Gasteiger partial charge on any atom is 0.416 e. The van der Waals surface area contributed by atoms with Gasteiger partial charge in [0, 0.05) is 19.6 Å². The van der Waals surface area contributed by atoms with Crippen LogP contribution < -0.4 is 4.74 Å². The van der Waals surface area contributed by atoms with Gasteiger partial charge in [-0.05, 0) is 88.4 Å². The van der Waals surface area contributed by atoms with Crippen LogP contribution in [0.2, 0.25) is 0 Å². The molecule has 0 unspecified atom stereocenters. The number of aryl methyl sites for hydroxylation is 1. The van der Waals surface area contributed by atoms with Crippen LogP contribution in [0.1, 0.15) is 52.6 Å². The second kappa shape index (κ2) is 11.2. The molecular formula is C32H31F4NO. The van der Waals surface area contributed by atoms with Gasteiger partial charge in [0.2, 0.25) is 0 Å². The summed E-state index contributed by atoms with van der Waals surface area (Å²) in [6.07, 6.45) is 0.641. The SMILES string of the molecule is COc1cc(C2=C(c3ccc(C=C4CN(CCCF)C4)cc3)c3ccccc3CCC2)cc(C(F)(F)F)c1. The van der Waals surface area contributed by atoms with E-state index in [1.807, 2.05) is 12.1 Å². The summed E-state index contributed by atoms with van der Waals surface area (Å²) >= 11 is 0. The number of benzene rings is 3. The lowest BCUT2D eigenvalue weighted by atomic mass is 9.87. The Bertz CT molecular complexity index is 1350. The topological polar surface area (TPSA) is 12.5 Å². The molecule has 1 aliphatic heterocycles. The highest BCUT2D eigenvalue weighted by molar-refractivity contribution is 6.00. The fraction of sp³-hybridized carbons (Fsp3) is 0.312. The minimum Gasteiger partial charge on any atom is -0.497 e. The van der Waals surface area contributed by atoms with Crippen molar-refractivity contribution in [2.75, 3.05) is 33.4 Å². The lowest BCUT2D eigenvalue weighted by Crippen LogP contribution is -2.40. The fourth-order valence-corrected chi connectivity index (χ4v) is 5.44. The third-order valence-corrected chi connectivity index (χ3v) is 7.31. The Hall–Kier alpha value is -3.38. The van der Waals surface area contributed by atoms with E-state index in [9.17, 15) is 17.6 Å². The van der Waals surface area contributed by atoms with Crippen LogP contribution in [0.25, 0.3) is 17.2 Å². The molecule has 0 bridgehead atoms. The van der Waals surface area contributed by atoms with E-state index in [4.69, 9.17) is 4.74 Å². The summed E-state index contributed by atoms with van der Waals surface area (Å²) in [6.45, 7) is 2.22. The molecule has 0 amide bonds. The predicted octanol–water partition coefficient (Wildman–Crippen LogP) is 8.07. The second-order valence-electron chi connectivity index (χ2n) is 9.99. The van der Waals surface area contributed by atoms with Crippen LogP contribution in [0.3, 0.4) is 0 Å². The number of ether oxygens (including phenoxy) is 1. The van der Waals surface area contributed by atoms with Gasteiger partial charge in [-0.3, -0.25) is 9.29 Å². The normalized spacial score (nSPS) is 16.1. The Morgan fingerprint density at radius 3 is 2.39 bits per heavy atom. The average molecular weight is 522 g/mol. The standard InChI is InChI=1S/C32H31F4NO/c1-38-28-18-26(17-27(19-28)32(34,35)36)30-9-4-7-24-6-2-3-8-29(24)31(30)25-12-10-22(11-13-25)16-23-20-37(21-23)15-5-14-33/h2-3,6,8,10-13,16-19H,4-5,7,9,14-15,20-21H2,1H3. The van der Waals surface area contributed by atoms with Crippen LogP contribution in [-0.4, -0.2) is 38.3 Å². The van der Waals surface area contributed by atoms with Crippen LogP contribution in [0, 0.1) is 0 Å². The molecule has 0 radical (unpaired) electrons. The highest BCUT2D eigenvalue weighted by atomic mass is 19.4. The zero-order valence-electron chi connectivity index (χ0n) is 21.5. The van der Waals surface area contributed by atoms with E-state index in [2.05, 4.69) is 47.4 Å². The van der Waals surface area contributed by atoms with Gasteiger partial charge in [0.25, 0.3) is 0 Å². The molecule has 1 heterocycles. The van der Waals surface area contributed by atoms with Gasteiger partial charge in [-0.1, -0.05) is 54.6 Å². The van der Waals surface area contributed by atoms with Crippen molar-refractivity contribution < 1.29 is 22.3 Å². The average Bonchev–Trinajstić information content (AvgIpc) is 3.09. The summed E-state index contributed by atoms with van der Waals surface area (Å²) in [6, 6.07) is 20.4. The van der Waals surface area contributed by atoms with Crippen LogP contribution in [-0.2, 0) is 12.6 Å². The molecule has 2 nitrogen and oxygen atoms in total.